The molecule has 2 aromatic rings. The van der Waals surface area contributed by atoms with Gasteiger partial charge >= 0.3 is 0 Å². The van der Waals surface area contributed by atoms with Crippen LogP contribution in [0.1, 0.15) is 29.5 Å². The van der Waals surface area contributed by atoms with Crippen LogP contribution < -0.4 is 10.1 Å². The van der Waals surface area contributed by atoms with E-state index in [0.29, 0.717) is 6.54 Å². The number of nitrogens with zero attached hydrogens (tertiary/aromatic N) is 1. The maximum atomic E-state index is 10.4. The lowest BCUT2D eigenvalue weighted by molar-refractivity contribution is -0.109. The number of benzene rings is 2. The number of amides is 1. The van der Waals surface area contributed by atoms with Gasteiger partial charge in [-0.05, 0) is 67.1 Å². The van der Waals surface area contributed by atoms with Gasteiger partial charge in [-0.2, -0.15) is 0 Å². The van der Waals surface area contributed by atoms with E-state index in [1.165, 1.54) is 24.0 Å². The molecule has 1 aliphatic heterocycles. The van der Waals surface area contributed by atoms with Crippen LogP contribution in [-0.2, 0) is 24.3 Å². The van der Waals surface area contributed by atoms with Crippen LogP contribution in [0.5, 0.6) is 5.75 Å². The fourth-order valence-electron chi connectivity index (χ4n) is 3.62. The van der Waals surface area contributed by atoms with E-state index in [1.54, 1.807) is 7.11 Å². The molecule has 138 valence electrons. The monoisotopic (exact) mass is 352 g/mol. The molecule has 3 rings (SSSR count). The first-order valence-corrected chi connectivity index (χ1v) is 9.37. The summed E-state index contributed by atoms with van der Waals surface area (Å²) in [6.45, 7) is 3.93. The van der Waals surface area contributed by atoms with Crippen molar-refractivity contribution in [2.75, 3.05) is 20.2 Å². The Morgan fingerprint density at radius 1 is 1.00 bits per heavy atom. The molecule has 0 aliphatic carbocycles. The van der Waals surface area contributed by atoms with Crippen LogP contribution in [0.3, 0.4) is 0 Å². The Hall–Kier alpha value is -2.33. The van der Waals surface area contributed by atoms with E-state index in [9.17, 15) is 4.79 Å². The third-order valence-electron chi connectivity index (χ3n) is 5.21. The zero-order valence-electron chi connectivity index (χ0n) is 15.5. The number of carbonyl (C=O) groups is 1. The molecule has 2 aromatic carbocycles. The molecule has 0 spiro atoms. The molecule has 0 radical (unpaired) electrons. The van der Waals surface area contributed by atoms with Crippen molar-refractivity contribution in [1.82, 2.24) is 10.2 Å². The molecule has 0 atom stereocenters. The van der Waals surface area contributed by atoms with Gasteiger partial charge in [0.25, 0.3) is 0 Å². The normalized spacial score (nSPS) is 15.6. The second-order valence-corrected chi connectivity index (χ2v) is 7.09. The van der Waals surface area contributed by atoms with Crippen LogP contribution in [0.2, 0.25) is 0 Å². The van der Waals surface area contributed by atoms with Gasteiger partial charge in [-0.1, -0.05) is 36.4 Å². The highest BCUT2D eigenvalue weighted by atomic mass is 16.5. The van der Waals surface area contributed by atoms with Gasteiger partial charge < -0.3 is 10.1 Å². The molecule has 0 saturated carbocycles. The minimum Gasteiger partial charge on any atom is -0.497 e. The Labute approximate surface area is 156 Å². The summed E-state index contributed by atoms with van der Waals surface area (Å²) in [7, 11) is 1.71. The summed E-state index contributed by atoms with van der Waals surface area (Å²) in [5, 5.41) is 2.70. The molecule has 0 bridgehead atoms. The zero-order chi connectivity index (χ0) is 18.2. The minimum atomic E-state index is 0.598. The van der Waals surface area contributed by atoms with E-state index in [2.05, 4.69) is 58.7 Å². The Balaban J connectivity index is 1.43. The van der Waals surface area contributed by atoms with E-state index in [0.717, 1.165) is 49.7 Å². The molecule has 26 heavy (non-hydrogen) atoms. The topological polar surface area (TPSA) is 41.6 Å². The molecule has 1 aliphatic rings. The van der Waals surface area contributed by atoms with Gasteiger partial charge in [-0.25, -0.2) is 0 Å². The van der Waals surface area contributed by atoms with Crippen molar-refractivity contribution in [2.24, 2.45) is 5.92 Å². The smallest absolute Gasteiger partial charge is 0.207 e. The van der Waals surface area contributed by atoms with Crippen LogP contribution >= 0.6 is 0 Å². The third kappa shape index (κ3) is 5.33. The van der Waals surface area contributed by atoms with Crippen LogP contribution in [-0.4, -0.2) is 31.5 Å². The molecule has 4 heteroatoms. The van der Waals surface area contributed by atoms with Crippen molar-refractivity contribution in [2.45, 2.75) is 32.4 Å². The number of piperidine rings is 1. The van der Waals surface area contributed by atoms with E-state index in [1.807, 2.05) is 0 Å². The molecule has 1 amide bonds. The van der Waals surface area contributed by atoms with Crippen LogP contribution in [0.4, 0.5) is 0 Å². The van der Waals surface area contributed by atoms with Gasteiger partial charge in [0, 0.05) is 13.1 Å². The minimum absolute atomic E-state index is 0.598. The highest BCUT2D eigenvalue weighted by Gasteiger charge is 2.19. The molecule has 1 saturated heterocycles. The first kappa shape index (κ1) is 18.5. The van der Waals surface area contributed by atoms with Crippen molar-refractivity contribution < 1.29 is 9.53 Å². The van der Waals surface area contributed by atoms with E-state index in [4.69, 9.17) is 4.74 Å². The van der Waals surface area contributed by atoms with E-state index >= 15 is 0 Å². The highest BCUT2D eigenvalue weighted by Crippen LogP contribution is 2.24. The highest BCUT2D eigenvalue weighted by molar-refractivity contribution is 5.46. The second kappa shape index (κ2) is 9.39. The number of nitrogens with one attached hydrogen (secondary N) is 1. The molecular weight excluding hydrogens is 324 g/mol. The quantitative estimate of drug-likeness (QED) is 0.741. The van der Waals surface area contributed by atoms with Gasteiger partial charge in [0.05, 0.1) is 7.11 Å². The fourth-order valence-corrected chi connectivity index (χ4v) is 3.62. The summed E-state index contributed by atoms with van der Waals surface area (Å²) in [5.41, 5.74) is 3.89. The first-order valence-electron chi connectivity index (χ1n) is 9.37. The number of hydrogen-bond donors (Lipinski definition) is 1. The predicted octanol–water partition coefficient (Wildman–Crippen LogP) is 3.40. The van der Waals surface area contributed by atoms with Gasteiger partial charge in [-0.3, -0.25) is 9.69 Å². The number of likely N-dealkylation sites (tertiary alicyclic amines) is 1. The molecule has 4 nitrogen and oxygen atoms in total. The number of methoxy groups -OCH3 is 1. The lowest BCUT2D eigenvalue weighted by Crippen LogP contribution is -2.33. The predicted molar refractivity (Wildman–Crippen MR) is 104 cm³/mol. The molecule has 1 N–H and O–H groups in total. The maximum absolute atomic E-state index is 10.4. The Bertz CT molecular complexity index is 674. The molecule has 0 unspecified atom stereocenters. The summed E-state index contributed by atoms with van der Waals surface area (Å²) in [6, 6.07) is 17.0. The van der Waals surface area contributed by atoms with Crippen molar-refractivity contribution in [3.05, 3.63) is 65.2 Å². The van der Waals surface area contributed by atoms with E-state index in [-0.39, 0.29) is 0 Å². The summed E-state index contributed by atoms with van der Waals surface area (Å²) >= 11 is 0. The summed E-state index contributed by atoms with van der Waals surface area (Å²) in [4.78, 5) is 12.9. The van der Waals surface area contributed by atoms with Crippen molar-refractivity contribution in [3.8, 4) is 5.75 Å². The maximum Gasteiger partial charge on any atom is 0.207 e. The summed E-state index contributed by atoms with van der Waals surface area (Å²) in [5.74, 6) is 1.70. The van der Waals surface area contributed by atoms with Gasteiger partial charge in [0.15, 0.2) is 0 Å². The molecule has 0 aromatic heterocycles. The van der Waals surface area contributed by atoms with Crippen molar-refractivity contribution in [1.29, 1.82) is 0 Å². The van der Waals surface area contributed by atoms with Crippen LogP contribution in [0.15, 0.2) is 48.5 Å². The van der Waals surface area contributed by atoms with Gasteiger partial charge in [0.2, 0.25) is 6.41 Å². The number of ether oxygens (including phenoxy) is 1. The Kier molecular flexibility index (Phi) is 6.67. The second-order valence-electron chi connectivity index (χ2n) is 7.09. The SMILES string of the molecule is COc1ccc(CC2CCN(Cc3ccc(CNC=O)cc3)CC2)cc1. The average Bonchev–Trinajstić information content (AvgIpc) is 2.69. The Morgan fingerprint density at radius 3 is 2.23 bits per heavy atom. The number of carbonyl (C=O) groups excluding carboxylic acids is 1. The standard InChI is InChI=1S/C22H28N2O2/c1-26-22-8-6-18(7-9-22)14-19-10-12-24(13-11-19)16-21-4-2-20(3-5-21)15-23-17-25/h2-9,17,19H,10-16H2,1H3,(H,23,25). The van der Waals surface area contributed by atoms with Crippen molar-refractivity contribution >= 4 is 6.41 Å². The Morgan fingerprint density at radius 2 is 1.62 bits per heavy atom. The van der Waals surface area contributed by atoms with E-state index < -0.39 is 0 Å². The average molecular weight is 352 g/mol. The lowest BCUT2D eigenvalue weighted by atomic mass is 9.90. The zero-order valence-corrected chi connectivity index (χ0v) is 15.5. The lowest BCUT2D eigenvalue weighted by Gasteiger charge is -2.32. The first-order chi connectivity index (χ1) is 12.8. The van der Waals surface area contributed by atoms with Crippen LogP contribution in [0, 0.1) is 5.92 Å². The largest absolute Gasteiger partial charge is 0.497 e. The number of rotatable bonds is 8. The summed E-state index contributed by atoms with van der Waals surface area (Å²) in [6.07, 6.45) is 4.42. The van der Waals surface area contributed by atoms with Crippen LogP contribution in [0.25, 0.3) is 0 Å². The van der Waals surface area contributed by atoms with Crippen molar-refractivity contribution in [3.63, 3.8) is 0 Å². The number of hydrogen-bond acceptors (Lipinski definition) is 3. The molecular formula is C22H28N2O2. The van der Waals surface area contributed by atoms with Gasteiger partial charge in [-0.15, -0.1) is 0 Å². The molecule has 1 heterocycles. The fraction of sp³-hybridized carbons (Fsp3) is 0.409. The van der Waals surface area contributed by atoms with Gasteiger partial charge in [0.1, 0.15) is 5.75 Å². The third-order valence-corrected chi connectivity index (χ3v) is 5.21. The molecule has 1 fully saturated rings. The summed E-state index contributed by atoms with van der Waals surface area (Å²) < 4.78 is 5.23.